The van der Waals surface area contributed by atoms with E-state index >= 15 is 0 Å². The lowest BCUT2D eigenvalue weighted by Gasteiger charge is -2.29. The average Bonchev–Trinajstić information content (AvgIpc) is 2.65. The SMILES string of the molecule is O=C1NC(=S)N(c2ccc(Cl)cc2)C(=O)C1=Cc1ccccc1OCCO. The van der Waals surface area contributed by atoms with Gasteiger partial charge in [0.05, 0.1) is 12.3 Å². The van der Waals surface area contributed by atoms with Crippen LogP contribution in [0.4, 0.5) is 5.69 Å². The molecule has 27 heavy (non-hydrogen) atoms. The van der Waals surface area contributed by atoms with Crippen LogP contribution in [0.15, 0.2) is 54.1 Å². The van der Waals surface area contributed by atoms with Crippen molar-refractivity contribution < 1.29 is 19.4 Å². The van der Waals surface area contributed by atoms with Crippen molar-refractivity contribution in [2.45, 2.75) is 0 Å². The molecule has 0 bridgehead atoms. The van der Waals surface area contributed by atoms with Crippen molar-refractivity contribution in [3.63, 3.8) is 0 Å². The normalized spacial score (nSPS) is 15.9. The minimum absolute atomic E-state index is 0.00529. The Morgan fingerprint density at radius 1 is 1.15 bits per heavy atom. The van der Waals surface area contributed by atoms with Gasteiger partial charge in [0.2, 0.25) is 0 Å². The van der Waals surface area contributed by atoms with Crippen molar-refractivity contribution in [1.82, 2.24) is 5.32 Å². The van der Waals surface area contributed by atoms with Gasteiger partial charge in [0.1, 0.15) is 17.9 Å². The summed E-state index contributed by atoms with van der Waals surface area (Å²) < 4.78 is 5.45. The number of para-hydroxylation sites is 1. The Kier molecular flexibility index (Phi) is 5.85. The number of aliphatic hydroxyl groups is 1. The Morgan fingerprint density at radius 3 is 2.56 bits per heavy atom. The minimum atomic E-state index is -0.591. The van der Waals surface area contributed by atoms with E-state index in [0.29, 0.717) is 22.0 Å². The first-order chi connectivity index (χ1) is 13.0. The standard InChI is InChI=1S/C19H15ClN2O4S/c20-13-5-7-14(8-6-13)22-18(25)15(17(24)21-19(22)27)11-12-3-1-2-4-16(12)26-10-9-23/h1-8,11,23H,9-10H2,(H,21,24,27). The fourth-order valence-corrected chi connectivity index (χ4v) is 2.93. The summed E-state index contributed by atoms with van der Waals surface area (Å²) in [6.07, 6.45) is 1.44. The number of nitrogens with one attached hydrogen (secondary N) is 1. The highest BCUT2D eigenvalue weighted by Crippen LogP contribution is 2.26. The molecule has 0 saturated carbocycles. The summed E-state index contributed by atoms with van der Waals surface area (Å²) in [5.41, 5.74) is 0.942. The molecule has 0 spiro atoms. The number of halogens is 1. The molecule has 138 valence electrons. The molecule has 1 fully saturated rings. The smallest absolute Gasteiger partial charge is 0.270 e. The summed E-state index contributed by atoms with van der Waals surface area (Å²) >= 11 is 11.0. The lowest BCUT2D eigenvalue weighted by Crippen LogP contribution is -2.54. The lowest BCUT2D eigenvalue weighted by molar-refractivity contribution is -0.122. The second-order valence-electron chi connectivity index (χ2n) is 5.54. The molecule has 1 saturated heterocycles. The Hall–Kier alpha value is -2.74. The van der Waals surface area contributed by atoms with E-state index in [2.05, 4.69) is 5.32 Å². The minimum Gasteiger partial charge on any atom is -0.491 e. The van der Waals surface area contributed by atoms with Crippen LogP contribution in [0.1, 0.15) is 5.56 Å². The third-order valence-corrected chi connectivity index (χ3v) is 4.29. The third kappa shape index (κ3) is 4.16. The quantitative estimate of drug-likeness (QED) is 0.456. The van der Waals surface area contributed by atoms with E-state index < -0.39 is 11.8 Å². The van der Waals surface area contributed by atoms with Gasteiger partial charge in [-0.25, -0.2) is 0 Å². The van der Waals surface area contributed by atoms with Gasteiger partial charge in [-0.1, -0.05) is 29.8 Å². The van der Waals surface area contributed by atoms with Crippen LogP contribution < -0.4 is 15.0 Å². The van der Waals surface area contributed by atoms with E-state index in [-0.39, 0.29) is 23.9 Å². The van der Waals surface area contributed by atoms with Gasteiger partial charge < -0.3 is 9.84 Å². The number of thiocarbonyl (C=S) groups is 1. The summed E-state index contributed by atoms with van der Waals surface area (Å²) in [6, 6.07) is 13.4. The zero-order valence-corrected chi connectivity index (χ0v) is 15.6. The molecule has 2 N–H and O–H groups in total. The number of rotatable bonds is 5. The van der Waals surface area contributed by atoms with Gasteiger partial charge in [-0.2, -0.15) is 0 Å². The van der Waals surface area contributed by atoms with E-state index in [9.17, 15) is 9.59 Å². The van der Waals surface area contributed by atoms with E-state index in [4.69, 9.17) is 33.7 Å². The number of nitrogens with zero attached hydrogens (tertiary/aromatic N) is 1. The first-order valence-corrected chi connectivity index (χ1v) is 8.79. The zero-order chi connectivity index (χ0) is 19.4. The van der Waals surface area contributed by atoms with Crippen LogP contribution in [-0.2, 0) is 9.59 Å². The molecular formula is C19H15ClN2O4S. The highest BCUT2D eigenvalue weighted by Gasteiger charge is 2.34. The summed E-state index contributed by atoms with van der Waals surface area (Å²) in [7, 11) is 0. The predicted molar refractivity (Wildman–Crippen MR) is 107 cm³/mol. The zero-order valence-electron chi connectivity index (χ0n) is 14.0. The van der Waals surface area contributed by atoms with Gasteiger partial charge in [0, 0.05) is 10.6 Å². The first-order valence-electron chi connectivity index (χ1n) is 8.01. The maximum absolute atomic E-state index is 13.0. The topological polar surface area (TPSA) is 78.9 Å². The highest BCUT2D eigenvalue weighted by molar-refractivity contribution is 7.80. The Labute approximate surface area is 166 Å². The number of carbonyl (C=O) groups is 2. The van der Waals surface area contributed by atoms with E-state index in [0.717, 1.165) is 0 Å². The number of amides is 2. The van der Waals surface area contributed by atoms with Crippen LogP contribution in [0.5, 0.6) is 5.75 Å². The second kappa shape index (κ2) is 8.30. The van der Waals surface area contributed by atoms with E-state index in [1.54, 1.807) is 48.5 Å². The number of ether oxygens (including phenoxy) is 1. The molecule has 8 heteroatoms. The first kappa shape index (κ1) is 19.0. The molecule has 3 rings (SSSR count). The van der Waals surface area contributed by atoms with Gasteiger partial charge >= 0.3 is 0 Å². The number of anilines is 1. The lowest BCUT2D eigenvalue weighted by atomic mass is 10.1. The van der Waals surface area contributed by atoms with Crippen molar-refractivity contribution in [2.75, 3.05) is 18.1 Å². The highest BCUT2D eigenvalue weighted by atomic mass is 35.5. The van der Waals surface area contributed by atoms with Gasteiger partial charge in [-0.3, -0.25) is 19.8 Å². The van der Waals surface area contributed by atoms with Crippen LogP contribution in [0, 0.1) is 0 Å². The molecule has 1 aliphatic heterocycles. The fourth-order valence-electron chi connectivity index (χ4n) is 2.52. The molecule has 2 aromatic rings. The summed E-state index contributed by atoms with van der Waals surface area (Å²) in [4.78, 5) is 26.5. The Balaban J connectivity index is 1.99. The molecule has 0 aromatic heterocycles. The summed E-state index contributed by atoms with van der Waals surface area (Å²) in [6.45, 7) is -0.0513. The average molecular weight is 403 g/mol. The number of hydrogen-bond acceptors (Lipinski definition) is 5. The van der Waals surface area contributed by atoms with Crippen molar-refractivity contribution >= 4 is 52.5 Å². The molecule has 0 atom stereocenters. The largest absolute Gasteiger partial charge is 0.491 e. The fraction of sp³-hybridized carbons (Fsp3) is 0.105. The number of aliphatic hydroxyl groups excluding tert-OH is 1. The van der Waals surface area contributed by atoms with Gasteiger partial charge in [0.25, 0.3) is 11.8 Å². The van der Waals surface area contributed by atoms with Gasteiger partial charge in [-0.05, 0) is 48.6 Å². The number of carbonyl (C=O) groups excluding carboxylic acids is 2. The maximum Gasteiger partial charge on any atom is 0.270 e. The monoisotopic (exact) mass is 402 g/mol. The molecular weight excluding hydrogens is 388 g/mol. The predicted octanol–water partition coefficient (Wildman–Crippen LogP) is 2.54. The third-order valence-electron chi connectivity index (χ3n) is 3.75. The van der Waals surface area contributed by atoms with Crippen molar-refractivity contribution in [1.29, 1.82) is 0 Å². The van der Waals surface area contributed by atoms with Crippen LogP contribution >= 0.6 is 23.8 Å². The van der Waals surface area contributed by atoms with Crippen molar-refractivity contribution in [3.8, 4) is 5.75 Å². The maximum atomic E-state index is 13.0. The van der Waals surface area contributed by atoms with Crippen LogP contribution in [0.25, 0.3) is 6.08 Å². The van der Waals surface area contributed by atoms with Gasteiger partial charge in [-0.15, -0.1) is 0 Å². The van der Waals surface area contributed by atoms with Crippen LogP contribution in [0.2, 0.25) is 5.02 Å². The van der Waals surface area contributed by atoms with Gasteiger partial charge in [0.15, 0.2) is 5.11 Å². The molecule has 1 aliphatic rings. The summed E-state index contributed by atoms with van der Waals surface area (Å²) in [5.74, 6) is -0.693. The van der Waals surface area contributed by atoms with Crippen molar-refractivity contribution in [3.05, 3.63) is 64.7 Å². The van der Waals surface area contributed by atoms with E-state index in [1.165, 1.54) is 11.0 Å². The van der Waals surface area contributed by atoms with Crippen molar-refractivity contribution in [2.24, 2.45) is 0 Å². The molecule has 2 aromatic carbocycles. The molecule has 6 nitrogen and oxygen atoms in total. The Bertz CT molecular complexity index is 928. The molecule has 0 aliphatic carbocycles. The second-order valence-corrected chi connectivity index (χ2v) is 6.37. The molecule has 0 unspecified atom stereocenters. The van der Waals surface area contributed by atoms with Crippen LogP contribution in [-0.4, -0.2) is 35.2 Å². The summed E-state index contributed by atoms with van der Waals surface area (Å²) in [5, 5.41) is 12.0. The number of hydrogen-bond donors (Lipinski definition) is 2. The number of benzene rings is 2. The Morgan fingerprint density at radius 2 is 1.85 bits per heavy atom. The van der Waals surface area contributed by atoms with E-state index in [1.807, 2.05) is 0 Å². The molecule has 0 radical (unpaired) electrons. The van der Waals surface area contributed by atoms with Crippen LogP contribution in [0.3, 0.4) is 0 Å². The molecule has 2 amide bonds. The molecule has 1 heterocycles.